The standard InChI is InChI=1S/C16H34N2O2/c1-5-18(9-6-10-19)14-16(7-11-20-12-8-16)13-17-15(2,3)4/h17,19H,5-14H2,1-4H3. The molecule has 4 nitrogen and oxygen atoms in total. The third-order valence-electron chi connectivity index (χ3n) is 4.19. The Labute approximate surface area is 124 Å². The second-order valence-electron chi connectivity index (χ2n) is 7.16. The first-order valence-corrected chi connectivity index (χ1v) is 8.07. The molecule has 0 amide bonds. The summed E-state index contributed by atoms with van der Waals surface area (Å²) in [5.74, 6) is 0. The van der Waals surface area contributed by atoms with Gasteiger partial charge in [0.05, 0.1) is 0 Å². The highest BCUT2D eigenvalue weighted by Crippen LogP contribution is 2.31. The van der Waals surface area contributed by atoms with Crippen molar-refractivity contribution in [2.24, 2.45) is 5.41 Å². The first-order valence-electron chi connectivity index (χ1n) is 8.07. The number of nitrogens with zero attached hydrogens (tertiary/aromatic N) is 1. The minimum Gasteiger partial charge on any atom is -0.396 e. The third-order valence-corrected chi connectivity index (χ3v) is 4.19. The molecule has 0 aliphatic carbocycles. The molecule has 1 saturated heterocycles. The van der Waals surface area contributed by atoms with E-state index in [9.17, 15) is 0 Å². The Morgan fingerprint density at radius 3 is 2.40 bits per heavy atom. The van der Waals surface area contributed by atoms with Crippen molar-refractivity contribution in [3.8, 4) is 0 Å². The lowest BCUT2D eigenvalue weighted by Gasteiger charge is -2.42. The Bertz CT molecular complexity index is 258. The van der Waals surface area contributed by atoms with Crippen LogP contribution in [0.3, 0.4) is 0 Å². The second kappa shape index (κ2) is 8.32. The highest BCUT2D eigenvalue weighted by Gasteiger charge is 2.34. The highest BCUT2D eigenvalue weighted by atomic mass is 16.5. The molecule has 0 bridgehead atoms. The average molecular weight is 286 g/mol. The average Bonchev–Trinajstić information content (AvgIpc) is 2.42. The molecule has 0 radical (unpaired) electrons. The first-order chi connectivity index (χ1) is 9.41. The van der Waals surface area contributed by atoms with Gasteiger partial charge in [0.2, 0.25) is 0 Å². The van der Waals surface area contributed by atoms with Crippen LogP contribution in [0.15, 0.2) is 0 Å². The van der Waals surface area contributed by atoms with Crippen LogP contribution >= 0.6 is 0 Å². The lowest BCUT2D eigenvalue weighted by atomic mass is 9.79. The summed E-state index contributed by atoms with van der Waals surface area (Å²) >= 11 is 0. The van der Waals surface area contributed by atoms with E-state index in [0.717, 1.165) is 58.7 Å². The molecule has 1 aliphatic heterocycles. The quantitative estimate of drug-likeness (QED) is 0.715. The molecule has 2 N–H and O–H groups in total. The minimum atomic E-state index is 0.160. The first kappa shape index (κ1) is 17.9. The molecule has 1 heterocycles. The SMILES string of the molecule is CCN(CCCO)CC1(CNC(C)(C)C)CCOCC1. The number of aliphatic hydroxyl groups excluding tert-OH is 1. The van der Waals surface area contributed by atoms with Gasteiger partial charge in [-0.2, -0.15) is 0 Å². The minimum absolute atomic E-state index is 0.160. The van der Waals surface area contributed by atoms with E-state index in [-0.39, 0.29) is 12.1 Å². The summed E-state index contributed by atoms with van der Waals surface area (Å²) in [4.78, 5) is 2.48. The predicted octanol–water partition coefficient (Wildman–Crippen LogP) is 1.88. The molecule has 0 saturated carbocycles. The molecule has 1 fully saturated rings. The van der Waals surface area contributed by atoms with Crippen LogP contribution in [0.2, 0.25) is 0 Å². The molecule has 0 atom stereocenters. The van der Waals surface area contributed by atoms with Gasteiger partial charge in [0, 0.05) is 45.0 Å². The Balaban J connectivity index is 2.61. The van der Waals surface area contributed by atoms with Crippen LogP contribution in [0, 0.1) is 5.41 Å². The Morgan fingerprint density at radius 2 is 1.90 bits per heavy atom. The van der Waals surface area contributed by atoms with Crippen molar-refractivity contribution >= 4 is 0 Å². The third kappa shape index (κ3) is 6.53. The van der Waals surface area contributed by atoms with Crippen molar-refractivity contribution in [2.75, 3.05) is 46.0 Å². The zero-order valence-corrected chi connectivity index (χ0v) is 13.9. The van der Waals surface area contributed by atoms with Gasteiger partial charge in [0.1, 0.15) is 0 Å². The maximum absolute atomic E-state index is 9.03. The maximum atomic E-state index is 9.03. The summed E-state index contributed by atoms with van der Waals surface area (Å²) in [6.45, 7) is 15.1. The lowest BCUT2D eigenvalue weighted by molar-refractivity contribution is -0.00704. The number of hydrogen-bond acceptors (Lipinski definition) is 4. The van der Waals surface area contributed by atoms with Crippen LogP contribution in [0.5, 0.6) is 0 Å². The van der Waals surface area contributed by atoms with Crippen LogP contribution in [-0.4, -0.2) is 61.5 Å². The molecule has 1 rings (SSSR count). The molecular formula is C16H34N2O2. The number of aliphatic hydroxyl groups is 1. The molecule has 0 aromatic heterocycles. The monoisotopic (exact) mass is 286 g/mol. The zero-order chi connectivity index (χ0) is 15.1. The van der Waals surface area contributed by atoms with Gasteiger partial charge in [-0.05, 0) is 52.0 Å². The van der Waals surface area contributed by atoms with E-state index in [1.807, 2.05) is 0 Å². The van der Waals surface area contributed by atoms with E-state index in [4.69, 9.17) is 9.84 Å². The Hall–Kier alpha value is -0.160. The summed E-state index contributed by atoms with van der Waals surface area (Å²) < 4.78 is 5.57. The van der Waals surface area contributed by atoms with Gasteiger partial charge in [-0.25, -0.2) is 0 Å². The Kier molecular flexibility index (Phi) is 7.45. The molecule has 0 aromatic rings. The lowest BCUT2D eigenvalue weighted by Crippen LogP contribution is -2.51. The van der Waals surface area contributed by atoms with Crippen molar-refractivity contribution in [1.82, 2.24) is 10.2 Å². The number of hydrogen-bond donors (Lipinski definition) is 2. The van der Waals surface area contributed by atoms with E-state index in [1.165, 1.54) is 0 Å². The zero-order valence-electron chi connectivity index (χ0n) is 13.9. The van der Waals surface area contributed by atoms with Crippen molar-refractivity contribution in [3.63, 3.8) is 0 Å². The molecule has 120 valence electrons. The summed E-state index contributed by atoms with van der Waals surface area (Å²) in [5.41, 5.74) is 0.477. The summed E-state index contributed by atoms with van der Waals surface area (Å²) in [6.07, 6.45) is 3.13. The molecule has 0 aromatic carbocycles. The van der Waals surface area contributed by atoms with E-state index >= 15 is 0 Å². The number of nitrogens with one attached hydrogen (secondary N) is 1. The van der Waals surface area contributed by atoms with E-state index in [2.05, 4.69) is 37.9 Å². The van der Waals surface area contributed by atoms with E-state index in [1.54, 1.807) is 0 Å². The van der Waals surface area contributed by atoms with Crippen molar-refractivity contribution in [3.05, 3.63) is 0 Å². The van der Waals surface area contributed by atoms with Crippen LogP contribution in [0.1, 0.15) is 47.0 Å². The van der Waals surface area contributed by atoms with Crippen LogP contribution in [0.4, 0.5) is 0 Å². The van der Waals surface area contributed by atoms with Crippen molar-refractivity contribution in [2.45, 2.75) is 52.5 Å². The van der Waals surface area contributed by atoms with Gasteiger partial charge in [-0.15, -0.1) is 0 Å². The predicted molar refractivity (Wildman–Crippen MR) is 84.1 cm³/mol. The summed E-state index contributed by atoms with van der Waals surface area (Å²) in [5, 5.41) is 12.7. The molecule has 0 spiro atoms. The van der Waals surface area contributed by atoms with Gasteiger partial charge in [-0.3, -0.25) is 0 Å². The van der Waals surface area contributed by atoms with E-state index in [0.29, 0.717) is 5.41 Å². The second-order valence-corrected chi connectivity index (χ2v) is 7.16. The van der Waals surface area contributed by atoms with Gasteiger partial charge in [0.15, 0.2) is 0 Å². The van der Waals surface area contributed by atoms with Gasteiger partial charge in [0.25, 0.3) is 0 Å². The fraction of sp³-hybridized carbons (Fsp3) is 1.00. The van der Waals surface area contributed by atoms with Crippen molar-refractivity contribution in [1.29, 1.82) is 0 Å². The van der Waals surface area contributed by atoms with Gasteiger partial charge < -0.3 is 20.1 Å². The Morgan fingerprint density at radius 1 is 1.25 bits per heavy atom. The highest BCUT2D eigenvalue weighted by molar-refractivity contribution is 4.89. The topological polar surface area (TPSA) is 44.7 Å². The molecule has 20 heavy (non-hydrogen) atoms. The van der Waals surface area contributed by atoms with Crippen LogP contribution in [0.25, 0.3) is 0 Å². The number of rotatable bonds is 8. The summed E-state index contributed by atoms with van der Waals surface area (Å²) in [7, 11) is 0. The number of ether oxygens (including phenoxy) is 1. The van der Waals surface area contributed by atoms with E-state index < -0.39 is 0 Å². The molecular weight excluding hydrogens is 252 g/mol. The normalized spacial score (nSPS) is 19.5. The molecule has 0 unspecified atom stereocenters. The largest absolute Gasteiger partial charge is 0.396 e. The smallest absolute Gasteiger partial charge is 0.0472 e. The summed E-state index contributed by atoms with van der Waals surface area (Å²) in [6, 6.07) is 0. The fourth-order valence-electron chi connectivity index (χ4n) is 2.77. The molecule has 4 heteroatoms. The van der Waals surface area contributed by atoms with Crippen molar-refractivity contribution < 1.29 is 9.84 Å². The molecule has 1 aliphatic rings. The van der Waals surface area contributed by atoms with Crippen LogP contribution in [-0.2, 0) is 4.74 Å². The fourth-order valence-corrected chi connectivity index (χ4v) is 2.77. The van der Waals surface area contributed by atoms with Crippen LogP contribution < -0.4 is 5.32 Å². The van der Waals surface area contributed by atoms with Gasteiger partial charge >= 0.3 is 0 Å². The maximum Gasteiger partial charge on any atom is 0.0472 e. The van der Waals surface area contributed by atoms with Gasteiger partial charge in [-0.1, -0.05) is 6.92 Å².